The highest BCUT2D eigenvalue weighted by atomic mass is 79.9. The normalized spacial score (nSPS) is 27.4. The molecule has 0 unspecified atom stereocenters. The van der Waals surface area contributed by atoms with E-state index in [0.717, 1.165) is 4.57 Å². The van der Waals surface area contributed by atoms with Gasteiger partial charge in [-0.05, 0) is 0 Å². The van der Waals surface area contributed by atoms with Gasteiger partial charge in [-0.15, -0.1) is 0 Å². The van der Waals surface area contributed by atoms with Crippen molar-refractivity contribution in [3.8, 4) is 5.75 Å². The molecule has 0 radical (unpaired) electrons. The number of aliphatic hydroxyl groups excluding tert-OH is 2. The van der Waals surface area contributed by atoms with E-state index in [-0.39, 0.29) is 24.6 Å². The molecular weight excluding hydrogens is 310 g/mol. The molecule has 100 valence electrons. The maximum atomic E-state index is 11.7. The fourth-order valence-electron chi connectivity index (χ4n) is 1.78. The Morgan fingerprint density at radius 2 is 2.44 bits per heavy atom. The van der Waals surface area contributed by atoms with Crippen LogP contribution in [0.1, 0.15) is 12.6 Å². The molecule has 0 amide bonds. The molecule has 1 aliphatic heterocycles. The van der Waals surface area contributed by atoms with Gasteiger partial charge in [-0.25, -0.2) is 4.79 Å². The molecule has 0 spiro atoms. The van der Waals surface area contributed by atoms with E-state index in [0.29, 0.717) is 0 Å². The lowest BCUT2D eigenvalue weighted by atomic mass is 10.2. The second-order valence-electron chi connectivity index (χ2n) is 3.87. The second kappa shape index (κ2) is 5.22. The number of nitrogens with zero attached hydrogens (tertiary/aromatic N) is 2. The zero-order valence-electron chi connectivity index (χ0n) is 9.19. The number of aromatic nitrogens is 2. The third kappa shape index (κ3) is 2.34. The first kappa shape index (κ1) is 13.3. The van der Waals surface area contributed by atoms with Gasteiger partial charge in [-0.3, -0.25) is 4.57 Å². The smallest absolute Gasteiger partial charge is 0.351 e. The molecule has 1 saturated heterocycles. The van der Waals surface area contributed by atoms with Crippen LogP contribution in [0.2, 0.25) is 0 Å². The number of ether oxygens (including phenoxy) is 1. The maximum absolute atomic E-state index is 11.7. The molecular formula is C9H12BrN3O5. The number of hydrogen-bond acceptors (Lipinski definition) is 7. The average Bonchev–Trinajstić information content (AvgIpc) is 2.70. The van der Waals surface area contributed by atoms with Crippen molar-refractivity contribution in [2.45, 2.75) is 24.9 Å². The Kier molecular flexibility index (Phi) is 3.85. The molecule has 1 aromatic rings. The van der Waals surface area contributed by atoms with Gasteiger partial charge in [-0.1, -0.05) is 0 Å². The highest BCUT2D eigenvalue weighted by Gasteiger charge is 2.35. The Bertz CT molecular complexity index is 494. The summed E-state index contributed by atoms with van der Waals surface area (Å²) in [5.74, 6) is 0.116. The summed E-state index contributed by atoms with van der Waals surface area (Å²) in [7, 11) is 0. The van der Waals surface area contributed by atoms with E-state index in [1.165, 1.54) is 6.20 Å². The SMILES string of the molecule is Nc1nc(=O)n([C@H]2C[C@H](O)[C@@H](CO)O2)cc1OBr. The molecule has 2 rings (SSSR count). The fraction of sp³-hybridized carbons (Fsp3) is 0.556. The first-order chi connectivity index (χ1) is 8.56. The summed E-state index contributed by atoms with van der Waals surface area (Å²) >= 11 is 2.75. The molecule has 9 heteroatoms. The van der Waals surface area contributed by atoms with Crippen LogP contribution in [0.4, 0.5) is 5.82 Å². The maximum Gasteiger partial charge on any atom is 0.351 e. The monoisotopic (exact) mass is 321 g/mol. The number of aliphatic hydroxyl groups is 2. The molecule has 1 fully saturated rings. The molecule has 1 aliphatic rings. The molecule has 0 saturated carbocycles. The van der Waals surface area contributed by atoms with Crippen LogP contribution in [0, 0.1) is 0 Å². The van der Waals surface area contributed by atoms with Gasteiger partial charge < -0.3 is 24.5 Å². The quantitative estimate of drug-likeness (QED) is 0.663. The van der Waals surface area contributed by atoms with Gasteiger partial charge in [0.15, 0.2) is 27.8 Å². The van der Waals surface area contributed by atoms with Crippen molar-refractivity contribution in [3.63, 3.8) is 0 Å². The Balaban J connectivity index is 2.32. The minimum absolute atomic E-state index is 0.0506. The summed E-state index contributed by atoms with van der Waals surface area (Å²) in [6.45, 7) is -0.323. The summed E-state index contributed by atoms with van der Waals surface area (Å²) in [5, 5.41) is 18.6. The van der Waals surface area contributed by atoms with Crippen LogP contribution in [0.5, 0.6) is 5.75 Å². The predicted molar refractivity (Wildman–Crippen MR) is 64.1 cm³/mol. The zero-order valence-corrected chi connectivity index (χ0v) is 10.8. The summed E-state index contributed by atoms with van der Waals surface area (Å²) in [5.41, 5.74) is 4.86. The van der Waals surface area contributed by atoms with Crippen LogP contribution in [-0.4, -0.2) is 38.6 Å². The molecule has 0 aliphatic carbocycles. The van der Waals surface area contributed by atoms with E-state index in [2.05, 4.69) is 21.2 Å². The topological polar surface area (TPSA) is 120 Å². The molecule has 8 nitrogen and oxygen atoms in total. The third-order valence-electron chi connectivity index (χ3n) is 2.72. The number of nitrogens with two attached hydrogens (primary N) is 1. The third-order valence-corrected chi connectivity index (χ3v) is 3.07. The van der Waals surface area contributed by atoms with Crippen molar-refractivity contribution in [2.24, 2.45) is 0 Å². The summed E-state index contributed by atoms with van der Waals surface area (Å²) in [6.07, 6.45) is -0.751. The molecule has 4 N–H and O–H groups in total. The van der Waals surface area contributed by atoms with Crippen LogP contribution in [0.3, 0.4) is 0 Å². The van der Waals surface area contributed by atoms with Gasteiger partial charge in [0.05, 0.1) is 18.9 Å². The number of rotatable bonds is 3. The fourth-order valence-corrected chi connectivity index (χ4v) is 2.03. The zero-order chi connectivity index (χ0) is 13.3. The average molecular weight is 322 g/mol. The lowest BCUT2D eigenvalue weighted by molar-refractivity contribution is -0.0459. The largest absolute Gasteiger partial charge is 0.412 e. The van der Waals surface area contributed by atoms with E-state index < -0.39 is 24.1 Å². The van der Waals surface area contributed by atoms with E-state index in [4.69, 9.17) is 19.4 Å². The minimum atomic E-state index is -0.835. The van der Waals surface area contributed by atoms with E-state index in [1.807, 2.05) is 0 Å². The highest BCUT2D eigenvalue weighted by molar-refractivity contribution is 9.06. The minimum Gasteiger partial charge on any atom is -0.412 e. The Labute approximate surface area is 110 Å². The van der Waals surface area contributed by atoms with E-state index in [9.17, 15) is 9.90 Å². The van der Waals surface area contributed by atoms with Gasteiger partial charge in [0, 0.05) is 6.42 Å². The van der Waals surface area contributed by atoms with Crippen molar-refractivity contribution < 1.29 is 18.8 Å². The van der Waals surface area contributed by atoms with Gasteiger partial charge in [-0.2, -0.15) is 4.98 Å². The molecule has 1 aromatic heterocycles. The summed E-state index contributed by atoms with van der Waals surface area (Å²) < 4.78 is 11.3. The Hall–Kier alpha value is -1.16. The molecule has 3 atom stereocenters. The Morgan fingerprint density at radius 3 is 3.00 bits per heavy atom. The first-order valence-corrected chi connectivity index (χ1v) is 5.83. The van der Waals surface area contributed by atoms with Gasteiger partial charge >= 0.3 is 5.69 Å². The standard InChI is InChI=1S/C9H12BrN3O5/c10-18-5-2-13(9(16)12-8(5)11)7-1-4(15)6(3-14)17-7/h2,4,6-7,14-15H,1,3H2,(H2,11,12,16)/t4-,6+,7+/m0/s1. The highest BCUT2D eigenvalue weighted by Crippen LogP contribution is 2.29. The van der Waals surface area contributed by atoms with Crippen molar-refractivity contribution in [3.05, 3.63) is 16.7 Å². The van der Waals surface area contributed by atoms with Gasteiger partial charge in [0.1, 0.15) is 12.3 Å². The van der Waals surface area contributed by atoms with Crippen LogP contribution in [0.25, 0.3) is 0 Å². The summed E-state index contributed by atoms with van der Waals surface area (Å²) in [6, 6.07) is 0. The van der Waals surface area contributed by atoms with Crippen molar-refractivity contribution in [1.82, 2.24) is 9.55 Å². The predicted octanol–water partition coefficient (Wildman–Crippen LogP) is -0.845. The van der Waals surface area contributed by atoms with Crippen LogP contribution in [0.15, 0.2) is 11.0 Å². The molecule has 0 aromatic carbocycles. The van der Waals surface area contributed by atoms with E-state index in [1.54, 1.807) is 0 Å². The number of nitrogen functional groups attached to an aromatic ring is 1. The van der Waals surface area contributed by atoms with Crippen LogP contribution in [-0.2, 0) is 4.74 Å². The van der Waals surface area contributed by atoms with Crippen molar-refractivity contribution in [1.29, 1.82) is 0 Å². The summed E-state index contributed by atoms with van der Waals surface area (Å²) in [4.78, 5) is 15.2. The van der Waals surface area contributed by atoms with Gasteiger partial charge in [0.25, 0.3) is 0 Å². The van der Waals surface area contributed by atoms with Gasteiger partial charge in [0.2, 0.25) is 0 Å². The molecule has 2 heterocycles. The number of halogens is 1. The first-order valence-electron chi connectivity index (χ1n) is 5.18. The van der Waals surface area contributed by atoms with Crippen LogP contribution < -0.4 is 15.3 Å². The van der Waals surface area contributed by atoms with Crippen molar-refractivity contribution in [2.75, 3.05) is 12.3 Å². The van der Waals surface area contributed by atoms with Crippen LogP contribution >= 0.6 is 16.3 Å². The lowest BCUT2D eigenvalue weighted by Crippen LogP contribution is -2.28. The number of anilines is 1. The second-order valence-corrected chi connectivity index (χ2v) is 4.20. The lowest BCUT2D eigenvalue weighted by Gasteiger charge is -2.15. The van der Waals surface area contributed by atoms with Crippen molar-refractivity contribution >= 4 is 22.1 Å². The molecule has 0 bridgehead atoms. The van der Waals surface area contributed by atoms with E-state index >= 15 is 0 Å². The number of hydrogen-bond donors (Lipinski definition) is 3. The Morgan fingerprint density at radius 1 is 1.72 bits per heavy atom. The molecule has 18 heavy (non-hydrogen) atoms.